The molecule has 0 amide bonds. The zero-order chi connectivity index (χ0) is 20.9. The van der Waals surface area contributed by atoms with Crippen molar-refractivity contribution in [3.8, 4) is 0 Å². The van der Waals surface area contributed by atoms with Gasteiger partial charge in [-0.25, -0.2) is 4.98 Å². The first-order valence-corrected chi connectivity index (χ1v) is 10.6. The number of hydrogen-bond acceptors (Lipinski definition) is 7. The van der Waals surface area contributed by atoms with E-state index in [-0.39, 0.29) is 0 Å². The molecule has 0 aliphatic carbocycles. The van der Waals surface area contributed by atoms with Gasteiger partial charge in [0.1, 0.15) is 11.6 Å². The van der Waals surface area contributed by atoms with Crippen molar-refractivity contribution in [2.45, 2.75) is 26.7 Å². The summed E-state index contributed by atoms with van der Waals surface area (Å²) in [7, 11) is 2.14. The summed E-state index contributed by atoms with van der Waals surface area (Å²) in [5, 5.41) is 3.29. The van der Waals surface area contributed by atoms with Crippen LogP contribution in [0.25, 0.3) is 0 Å². The molecule has 0 bridgehead atoms. The van der Waals surface area contributed by atoms with E-state index in [2.05, 4.69) is 86.3 Å². The van der Waals surface area contributed by atoms with Crippen LogP contribution in [0.1, 0.15) is 29.4 Å². The Morgan fingerprint density at radius 1 is 1.00 bits per heavy atom. The van der Waals surface area contributed by atoms with Crippen LogP contribution in [0.4, 0.5) is 17.7 Å². The van der Waals surface area contributed by atoms with E-state index in [9.17, 15) is 0 Å². The minimum atomic E-state index is 0.554. The number of aryl methyl sites for hydroxylation is 2. The minimum absolute atomic E-state index is 0.554. The second kappa shape index (κ2) is 9.17. The third-order valence-corrected chi connectivity index (χ3v) is 5.47. The number of hydrogen-bond donors (Lipinski definition) is 1. The van der Waals surface area contributed by atoms with Gasteiger partial charge in [0.2, 0.25) is 11.9 Å². The minimum Gasteiger partial charge on any atom is -0.338 e. The second-order valence-electron chi connectivity index (χ2n) is 7.80. The maximum absolute atomic E-state index is 4.68. The molecule has 1 aromatic carbocycles. The molecule has 0 spiro atoms. The highest BCUT2D eigenvalue weighted by atomic mass is 15.3. The van der Waals surface area contributed by atoms with Crippen molar-refractivity contribution in [1.29, 1.82) is 0 Å². The predicted molar refractivity (Wildman–Crippen MR) is 120 cm³/mol. The molecule has 0 unspecified atom stereocenters. The summed E-state index contributed by atoms with van der Waals surface area (Å²) >= 11 is 0. The number of anilines is 3. The molecule has 156 valence electrons. The highest BCUT2D eigenvalue weighted by Crippen LogP contribution is 2.20. The highest BCUT2D eigenvalue weighted by molar-refractivity contribution is 5.52. The van der Waals surface area contributed by atoms with Crippen LogP contribution >= 0.6 is 0 Å². The van der Waals surface area contributed by atoms with Crippen molar-refractivity contribution in [1.82, 2.24) is 24.8 Å². The molecule has 1 fully saturated rings. The summed E-state index contributed by atoms with van der Waals surface area (Å²) in [6.45, 7) is 8.06. The molecular formula is C23H29N7. The van der Waals surface area contributed by atoms with Gasteiger partial charge in [0.15, 0.2) is 0 Å². The third-order valence-electron chi connectivity index (χ3n) is 5.47. The number of rotatable bonds is 6. The van der Waals surface area contributed by atoms with Crippen LogP contribution in [-0.2, 0) is 12.8 Å². The van der Waals surface area contributed by atoms with Gasteiger partial charge in [0, 0.05) is 38.8 Å². The molecule has 1 aliphatic heterocycles. The topological polar surface area (TPSA) is 70.1 Å². The second-order valence-corrected chi connectivity index (χ2v) is 7.80. The fourth-order valence-corrected chi connectivity index (χ4v) is 3.54. The van der Waals surface area contributed by atoms with E-state index in [0.717, 1.165) is 56.6 Å². The van der Waals surface area contributed by atoms with Crippen LogP contribution in [0.3, 0.4) is 0 Å². The lowest BCUT2D eigenvalue weighted by Crippen LogP contribution is -2.45. The number of benzene rings is 1. The number of pyridine rings is 1. The summed E-state index contributed by atoms with van der Waals surface area (Å²) in [5.74, 6) is 2.84. The fraction of sp³-hybridized carbons (Fsp3) is 0.391. The van der Waals surface area contributed by atoms with Gasteiger partial charge in [-0.05, 0) is 43.1 Å². The number of aromatic nitrogens is 4. The van der Waals surface area contributed by atoms with Crippen LogP contribution in [0.2, 0.25) is 0 Å². The van der Waals surface area contributed by atoms with Gasteiger partial charge >= 0.3 is 0 Å². The van der Waals surface area contributed by atoms with E-state index in [1.807, 2.05) is 12.3 Å². The first-order valence-electron chi connectivity index (χ1n) is 10.6. The van der Waals surface area contributed by atoms with Gasteiger partial charge in [-0.2, -0.15) is 15.0 Å². The van der Waals surface area contributed by atoms with Gasteiger partial charge < -0.3 is 15.1 Å². The van der Waals surface area contributed by atoms with Crippen LogP contribution < -0.4 is 10.2 Å². The molecule has 30 heavy (non-hydrogen) atoms. The zero-order valence-electron chi connectivity index (χ0n) is 18.0. The molecule has 1 saturated heterocycles. The predicted octanol–water partition coefficient (Wildman–Crippen LogP) is 3.22. The Morgan fingerprint density at radius 2 is 1.77 bits per heavy atom. The van der Waals surface area contributed by atoms with Crippen molar-refractivity contribution >= 4 is 17.7 Å². The molecule has 0 atom stereocenters. The third kappa shape index (κ3) is 4.91. The van der Waals surface area contributed by atoms with Gasteiger partial charge in [0.25, 0.3) is 0 Å². The van der Waals surface area contributed by atoms with E-state index in [4.69, 9.17) is 0 Å². The zero-order valence-corrected chi connectivity index (χ0v) is 18.0. The average molecular weight is 404 g/mol. The summed E-state index contributed by atoms with van der Waals surface area (Å²) in [4.78, 5) is 23.0. The summed E-state index contributed by atoms with van der Waals surface area (Å²) in [5.41, 5.74) is 3.69. The molecule has 1 aliphatic rings. The van der Waals surface area contributed by atoms with Gasteiger partial charge in [0.05, 0.1) is 0 Å². The van der Waals surface area contributed by atoms with E-state index in [0.29, 0.717) is 5.95 Å². The Bertz CT molecular complexity index is 982. The summed E-state index contributed by atoms with van der Waals surface area (Å²) in [6, 6.07) is 12.5. The van der Waals surface area contributed by atoms with E-state index < -0.39 is 0 Å². The lowest BCUT2D eigenvalue weighted by atomic mass is 10.0. The van der Waals surface area contributed by atoms with E-state index >= 15 is 0 Å². The number of nitrogens with zero attached hydrogens (tertiary/aromatic N) is 6. The van der Waals surface area contributed by atoms with Gasteiger partial charge in [-0.3, -0.25) is 0 Å². The SMILES string of the molecule is CCc1nc(Nc2cc(C)c(Cc3ccccc3)cn2)nc(N2CCN(C)CC2)n1. The number of piperazine rings is 1. The Labute approximate surface area is 178 Å². The number of nitrogens with one attached hydrogen (secondary N) is 1. The maximum Gasteiger partial charge on any atom is 0.233 e. The largest absolute Gasteiger partial charge is 0.338 e. The van der Waals surface area contributed by atoms with Crippen LogP contribution in [0.5, 0.6) is 0 Å². The molecule has 0 radical (unpaired) electrons. The highest BCUT2D eigenvalue weighted by Gasteiger charge is 2.18. The maximum atomic E-state index is 4.68. The lowest BCUT2D eigenvalue weighted by Gasteiger charge is -2.32. The molecule has 2 aromatic heterocycles. The van der Waals surface area contributed by atoms with E-state index in [1.54, 1.807) is 0 Å². The molecular weight excluding hydrogens is 374 g/mol. The molecule has 1 N–H and O–H groups in total. The lowest BCUT2D eigenvalue weighted by molar-refractivity contribution is 0.311. The smallest absolute Gasteiger partial charge is 0.233 e. The van der Waals surface area contributed by atoms with Gasteiger partial charge in [-0.15, -0.1) is 0 Å². The monoisotopic (exact) mass is 403 g/mol. The van der Waals surface area contributed by atoms with Crippen molar-refractivity contribution in [2.75, 3.05) is 43.4 Å². The standard InChI is InChI=1S/C23H29N7/c1-4-20-25-22(28-23(27-20)30-12-10-29(3)11-13-30)26-21-14-17(2)19(16-24-21)15-18-8-6-5-7-9-18/h5-9,14,16H,4,10-13,15H2,1-3H3,(H,24,25,26,27,28). The average Bonchev–Trinajstić information content (AvgIpc) is 2.76. The molecule has 7 nitrogen and oxygen atoms in total. The Hall–Kier alpha value is -3.06. The van der Waals surface area contributed by atoms with Crippen LogP contribution in [-0.4, -0.2) is 58.1 Å². The van der Waals surface area contributed by atoms with Gasteiger partial charge in [-0.1, -0.05) is 37.3 Å². The first-order chi connectivity index (χ1) is 14.6. The Balaban J connectivity index is 1.52. The van der Waals surface area contributed by atoms with Crippen LogP contribution in [0.15, 0.2) is 42.6 Å². The van der Waals surface area contributed by atoms with Crippen molar-refractivity contribution in [3.63, 3.8) is 0 Å². The van der Waals surface area contributed by atoms with Crippen LogP contribution in [0, 0.1) is 6.92 Å². The van der Waals surface area contributed by atoms with Crippen molar-refractivity contribution in [3.05, 3.63) is 65.1 Å². The molecule has 3 aromatic rings. The molecule has 4 rings (SSSR count). The Morgan fingerprint density at radius 3 is 2.47 bits per heavy atom. The van der Waals surface area contributed by atoms with Crippen molar-refractivity contribution < 1.29 is 0 Å². The van der Waals surface area contributed by atoms with Crippen molar-refractivity contribution in [2.24, 2.45) is 0 Å². The van der Waals surface area contributed by atoms with E-state index in [1.165, 1.54) is 16.7 Å². The fourth-order valence-electron chi connectivity index (χ4n) is 3.54. The summed E-state index contributed by atoms with van der Waals surface area (Å²) in [6.07, 6.45) is 3.58. The normalized spacial score (nSPS) is 14.7. The molecule has 0 saturated carbocycles. The number of likely N-dealkylation sites (N-methyl/N-ethyl adjacent to an activating group) is 1. The molecule has 7 heteroatoms. The quantitative estimate of drug-likeness (QED) is 0.678. The first kappa shape index (κ1) is 20.2. The summed E-state index contributed by atoms with van der Waals surface area (Å²) < 4.78 is 0. The molecule has 3 heterocycles. The Kier molecular flexibility index (Phi) is 6.18.